The molecule has 9 heteroatoms. The van der Waals surface area contributed by atoms with Gasteiger partial charge in [0.1, 0.15) is 5.54 Å². The normalized spacial score (nSPS) is 25.2. The van der Waals surface area contributed by atoms with E-state index >= 15 is 0 Å². The van der Waals surface area contributed by atoms with Crippen molar-refractivity contribution in [2.24, 2.45) is 0 Å². The number of carbonyl (C=O) groups is 1. The predicted octanol–water partition coefficient (Wildman–Crippen LogP) is 1.05. The summed E-state index contributed by atoms with van der Waals surface area (Å²) in [6.45, 7) is 4.90. The topological polar surface area (TPSA) is 73.8 Å². The molecule has 3 aliphatic rings. The molecule has 0 N–H and O–H groups in total. The van der Waals surface area contributed by atoms with E-state index in [4.69, 9.17) is 0 Å². The van der Waals surface area contributed by atoms with Crippen molar-refractivity contribution >= 4 is 27.3 Å². The van der Waals surface area contributed by atoms with Gasteiger partial charge in [0.05, 0.1) is 22.5 Å². The molecule has 1 aromatic rings. The molecule has 0 bridgehead atoms. The Kier molecular flexibility index (Phi) is 4.61. The van der Waals surface area contributed by atoms with Crippen LogP contribution in [0.5, 0.6) is 0 Å². The quantitative estimate of drug-likeness (QED) is 0.758. The summed E-state index contributed by atoms with van der Waals surface area (Å²) < 4.78 is 26.6. The molecule has 4 rings (SSSR count). The number of aryl methyl sites for hydroxylation is 1. The highest BCUT2D eigenvalue weighted by atomic mass is 32.2. The fourth-order valence-electron chi connectivity index (χ4n) is 4.15. The van der Waals surface area contributed by atoms with Crippen molar-refractivity contribution in [3.8, 4) is 0 Å². The van der Waals surface area contributed by atoms with Crippen molar-refractivity contribution in [1.29, 1.82) is 0 Å². The first-order valence-electron chi connectivity index (χ1n) is 9.23. The molecular formula is C17H26N4O3S2. The van der Waals surface area contributed by atoms with E-state index in [0.717, 1.165) is 30.1 Å². The molecule has 0 radical (unpaired) electrons. The minimum absolute atomic E-state index is 0.125. The number of piperidine rings is 1. The van der Waals surface area contributed by atoms with Crippen LogP contribution in [0.15, 0.2) is 5.38 Å². The van der Waals surface area contributed by atoms with Gasteiger partial charge in [-0.15, -0.1) is 11.3 Å². The first kappa shape index (κ1) is 18.3. The van der Waals surface area contributed by atoms with Crippen LogP contribution in [0.2, 0.25) is 0 Å². The van der Waals surface area contributed by atoms with E-state index in [1.807, 2.05) is 24.3 Å². The highest BCUT2D eigenvalue weighted by Crippen LogP contribution is 2.37. The van der Waals surface area contributed by atoms with Gasteiger partial charge in [-0.05, 0) is 39.7 Å². The molecule has 26 heavy (non-hydrogen) atoms. The van der Waals surface area contributed by atoms with Crippen LogP contribution in [0.3, 0.4) is 0 Å². The molecule has 2 aliphatic heterocycles. The third kappa shape index (κ3) is 3.08. The van der Waals surface area contributed by atoms with Gasteiger partial charge in [0.2, 0.25) is 15.9 Å². The lowest BCUT2D eigenvalue weighted by atomic mass is 9.83. The molecule has 1 saturated carbocycles. The predicted molar refractivity (Wildman–Crippen MR) is 100 cm³/mol. The smallest absolute Gasteiger partial charge is 0.243 e. The number of likely N-dealkylation sites (N-methyl/N-ethyl adjacent to an activating group) is 1. The first-order chi connectivity index (χ1) is 12.3. The third-order valence-corrected chi connectivity index (χ3v) is 9.22. The monoisotopic (exact) mass is 398 g/mol. The molecule has 144 valence electrons. The van der Waals surface area contributed by atoms with Gasteiger partial charge >= 0.3 is 0 Å². The van der Waals surface area contributed by atoms with E-state index in [-0.39, 0.29) is 11.2 Å². The second kappa shape index (κ2) is 6.54. The Morgan fingerprint density at radius 1 is 1.23 bits per heavy atom. The number of carbonyl (C=O) groups excluding carboxylic acids is 1. The van der Waals surface area contributed by atoms with Crippen molar-refractivity contribution in [3.63, 3.8) is 0 Å². The maximum atomic E-state index is 13.3. The fourth-order valence-corrected chi connectivity index (χ4v) is 6.60. The maximum absolute atomic E-state index is 13.3. The third-order valence-electron chi connectivity index (χ3n) is 6.00. The van der Waals surface area contributed by atoms with Gasteiger partial charge in [-0.3, -0.25) is 9.69 Å². The first-order valence-corrected chi connectivity index (χ1v) is 11.6. The van der Waals surface area contributed by atoms with Crippen molar-refractivity contribution in [1.82, 2.24) is 19.1 Å². The Bertz CT molecular complexity index is 795. The van der Waals surface area contributed by atoms with Crippen LogP contribution in [0.25, 0.3) is 0 Å². The number of thiazole rings is 1. The lowest BCUT2D eigenvalue weighted by molar-refractivity contribution is -0.154. The highest BCUT2D eigenvalue weighted by Gasteiger charge is 2.51. The fraction of sp³-hybridized carbons (Fsp3) is 0.765. The number of hydrogen-bond donors (Lipinski definition) is 0. The summed E-state index contributed by atoms with van der Waals surface area (Å²) in [6, 6.07) is 0. The van der Waals surface area contributed by atoms with Crippen LogP contribution >= 0.6 is 11.3 Å². The van der Waals surface area contributed by atoms with Crippen LogP contribution in [-0.4, -0.2) is 77.4 Å². The Labute approximate surface area is 159 Å². The molecule has 3 heterocycles. The van der Waals surface area contributed by atoms with E-state index in [9.17, 15) is 13.2 Å². The largest absolute Gasteiger partial charge is 0.334 e. The number of rotatable bonds is 4. The van der Waals surface area contributed by atoms with E-state index < -0.39 is 15.6 Å². The lowest BCUT2D eigenvalue weighted by Gasteiger charge is -2.51. The summed E-state index contributed by atoms with van der Waals surface area (Å²) in [5.41, 5.74) is 0.369. The van der Waals surface area contributed by atoms with Crippen LogP contribution in [0.4, 0.5) is 0 Å². The average Bonchev–Trinajstić information content (AvgIpc) is 3.40. The summed E-state index contributed by atoms with van der Waals surface area (Å²) in [5.74, 6) is 0.125. The van der Waals surface area contributed by atoms with Gasteiger partial charge in [-0.2, -0.15) is 0 Å². The molecule has 1 amide bonds. The highest BCUT2D eigenvalue weighted by molar-refractivity contribution is 7.90. The second-order valence-electron chi connectivity index (χ2n) is 7.68. The summed E-state index contributed by atoms with van der Waals surface area (Å²) in [6.07, 6.45) is 2.70. The van der Waals surface area contributed by atoms with Crippen molar-refractivity contribution < 1.29 is 13.2 Å². The van der Waals surface area contributed by atoms with E-state index in [0.29, 0.717) is 39.0 Å². The van der Waals surface area contributed by atoms with Gasteiger partial charge < -0.3 is 4.90 Å². The number of hydrogen-bond acceptors (Lipinski definition) is 6. The number of piperazine rings is 1. The van der Waals surface area contributed by atoms with Crippen molar-refractivity contribution in [2.45, 2.75) is 49.9 Å². The van der Waals surface area contributed by atoms with Crippen LogP contribution < -0.4 is 0 Å². The second-order valence-corrected chi connectivity index (χ2v) is 11.0. The Morgan fingerprint density at radius 3 is 2.50 bits per heavy atom. The molecule has 1 spiro atoms. The van der Waals surface area contributed by atoms with E-state index in [2.05, 4.69) is 9.88 Å². The molecule has 7 nitrogen and oxygen atoms in total. The number of aromatic nitrogens is 1. The van der Waals surface area contributed by atoms with Gasteiger partial charge in [0.25, 0.3) is 0 Å². The molecule has 0 aromatic carbocycles. The van der Waals surface area contributed by atoms with E-state index in [1.165, 1.54) is 0 Å². The standard InChI is InChI=1S/C17H26N4O3S2/c1-13-18-14(12-25-13)11-20-10-9-19(2)17(16(20)22)5-7-21(8-6-17)26(23,24)15-3-4-15/h12,15H,3-11H2,1-2H3. The molecule has 0 unspecified atom stereocenters. The Morgan fingerprint density at radius 2 is 1.92 bits per heavy atom. The maximum Gasteiger partial charge on any atom is 0.243 e. The number of amides is 1. The van der Waals surface area contributed by atoms with Crippen LogP contribution in [-0.2, 0) is 21.4 Å². The summed E-state index contributed by atoms with van der Waals surface area (Å²) in [5, 5.41) is 2.84. The zero-order chi connectivity index (χ0) is 18.5. The minimum Gasteiger partial charge on any atom is -0.334 e. The summed E-state index contributed by atoms with van der Waals surface area (Å²) in [4.78, 5) is 21.8. The average molecular weight is 399 g/mol. The lowest BCUT2D eigenvalue weighted by Crippen LogP contribution is -2.67. The zero-order valence-electron chi connectivity index (χ0n) is 15.3. The Balaban J connectivity index is 1.48. The number of nitrogens with zero attached hydrogens (tertiary/aromatic N) is 4. The van der Waals surface area contributed by atoms with Gasteiger partial charge in [0.15, 0.2) is 0 Å². The molecule has 3 fully saturated rings. The molecular weight excluding hydrogens is 372 g/mol. The van der Waals surface area contributed by atoms with Gasteiger partial charge in [0, 0.05) is 31.6 Å². The molecule has 0 atom stereocenters. The van der Waals surface area contributed by atoms with Gasteiger partial charge in [-0.1, -0.05) is 0 Å². The molecule has 1 aliphatic carbocycles. The molecule has 1 aromatic heterocycles. The SMILES string of the molecule is Cc1nc(CN2CCN(C)C3(CCN(S(=O)(=O)C4CC4)CC3)C2=O)cs1. The minimum atomic E-state index is -3.16. The van der Waals surface area contributed by atoms with Crippen molar-refractivity contribution in [3.05, 3.63) is 16.1 Å². The summed E-state index contributed by atoms with van der Waals surface area (Å²) >= 11 is 1.60. The Hall–Kier alpha value is -1.03. The zero-order valence-corrected chi connectivity index (χ0v) is 17.0. The van der Waals surface area contributed by atoms with Crippen LogP contribution in [0.1, 0.15) is 36.4 Å². The van der Waals surface area contributed by atoms with E-state index in [1.54, 1.807) is 15.6 Å². The number of sulfonamides is 1. The van der Waals surface area contributed by atoms with Crippen molar-refractivity contribution in [2.75, 3.05) is 33.2 Å². The van der Waals surface area contributed by atoms with Crippen LogP contribution in [0, 0.1) is 6.92 Å². The summed E-state index contributed by atoms with van der Waals surface area (Å²) in [7, 11) is -1.16. The molecule has 2 saturated heterocycles. The van der Waals surface area contributed by atoms with Gasteiger partial charge in [-0.25, -0.2) is 17.7 Å².